The number of nitrogens with zero attached hydrogens (tertiary/aromatic N) is 2. The molecule has 29 heavy (non-hydrogen) atoms. The zero-order valence-corrected chi connectivity index (χ0v) is 17.5. The summed E-state index contributed by atoms with van der Waals surface area (Å²) >= 11 is 6.05. The molecule has 1 aromatic heterocycles. The number of primary amides is 1. The molecule has 0 unspecified atom stereocenters. The highest BCUT2D eigenvalue weighted by Gasteiger charge is 2.21. The third kappa shape index (κ3) is 3.98. The van der Waals surface area contributed by atoms with Gasteiger partial charge in [0.15, 0.2) is 0 Å². The van der Waals surface area contributed by atoms with Gasteiger partial charge in [0.2, 0.25) is 5.91 Å². The molecule has 6 heteroatoms. The van der Waals surface area contributed by atoms with Crippen molar-refractivity contribution in [3.05, 3.63) is 64.2 Å². The van der Waals surface area contributed by atoms with Crippen molar-refractivity contribution < 1.29 is 4.79 Å². The van der Waals surface area contributed by atoms with E-state index in [4.69, 9.17) is 17.3 Å². The molecule has 1 saturated heterocycles. The maximum absolute atomic E-state index is 12.2. The Kier molecular flexibility index (Phi) is 5.79. The first-order valence-electron chi connectivity index (χ1n) is 10.2. The summed E-state index contributed by atoms with van der Waals surface area (Å²) < 4.78 is 2.39. The number of amides is 1. The number of aryl methyl sites for hydroxylation is 1. The summed E-state index contributed by atoms with van der Waals surface area (Å²) in [4.78, 5) is 14.6. The van der Waals surface area contributed by atoms with Crippen LogP contribution in [0.25, 0.3) is 10.9 Å². The van der Waals surface area contributed by atoms with Gasteiger partial charge < -0.3 is 20.5 Å². The molecule has 5 nitrogen and oxygen atoms in total. The molecule has 0 saturated carbocycles. The Morgan fingerprint density at radius 1 is 1.14 bits per heavy atom. The Hall–Kier alpha value is -2.50. The second-order valence-corrected chi connectivity index (χ2v) is 8.02. The lowest BCUT2D eigenvalue weighted by Gasteiger charge is -2.30. The van der Waals surface area contributed by atoms with Crippen LogP contribution in [0.3, 0.4) is 0 Å². The fraction of sp³-hybridized carbons (Fsp3) is 0.348. The van der Waals surface area contributed by atoms with Crippen molar-refractivity contribution in [1.29, 1.82) is 0 Å². The van der Waals surface area contributed by atoms with Crippen molar-refractivity contribution in [2.45, 2.75) is 26.3 Å². The maximum Gasteiger partial charge on any atom is 0.249 e. The summed E-state index contributed by atoms with van der Waals surface area (Å²) in [6.07, 6.45) is 1.69. The first kappa shape index (κ1) is 19.8. The molecule has 1 aliphatic rings. The topological polar surface area (TPSA) is 63.3 Å². The van der Waals surface area contributed by atoms with Crippen molar-refractivity contribution in [2.75, 3.05) is 31.1 Å². The number of nitrogens with one attached hydrogen (secondary N) is 1. The van der Waals surface area contributed by atoms with E-state index >= 15 is 0 Å². The number of nitrogens with two attached hydrogens (primary N) is 1. The molecule has 3 aromatic rings. The number of fused-ring (bicyclic) bond motifs is 1. The lowest BCUT2D eigenvalue weighted by Crippen LogP contribution is -2.44. The molecule has 2 heterocycles. The summed E-state index contributed by atoms with van der Waals surface area (Å²) in [5.41, 5.74) is 9.59. The highest BCUT2D eigenvalue weighted by atomic mass is 35.5. The lowest BCUT2D eigenvalue weighted by atomic mass is 9.96. The Balaban J connectivity index is 1.87. The van der Waals surface area contributed by atoms with Crippen molar-refractivity contribution in [3.63, 3.8) is 0 Å². The first-order chi connectivity index (χ1) is 14.1. The molecule has 0 atom stereocenters. The number of piperazine rings is 1. The summed E-state index contributed by atoms with van der Waals surface area (Å²) in [5, 5.41) is 5.23. The van der Waals surface area contributed by atoms with E-state index in [1.165, 1.54) is 5.82 Å². The van der Waals surface area contributed by atoms with E-state index in [1.807, 2.05) is 36.4 Å². The molecule has 0 bridgehead atoms. The lowest BCUT2D eigenvalue weighted by molar-refractivity contribution is 0.0999. The molecule has 0 spiro atoms. The molecule has 4 rings (SSSR count). The van der Waals surface area contributed by atoms with Crippen molar-refractivity contribution in [3.8, 4) is 0 Å². The van der Waals surface area contributed by atoms with E-state index < -0.39 is 0 Å². The largest absolute Gasteiger partial charge is 0.366 e. The third-order valence-electron chi connectivity index (χ3n) is 5.62. The number of hydrogen-bond acceptors (Lipinski definition) is 3. The van der Waals surface area contributed by atoms with Crippen molar-refractivity contribution in [2.24, 2.45) is 5.73 Å². The SMILES string of the molecule is CCCn1c(N2CCNCC2)cc2c(Cc3ccc(Cl)cc3)c(C(N)=O)ccc21. The molecule has 0 aliphatic carbocycles. The minimum Gasteiger partial charge on any atom is -0.366 e. The Morgan fingerprint density at radius 3 is 2.52 bits per heavy atom. The number of aromatic nitrogens is 1. The minimum absolute atomic E-state index is 0.386. The average molecular weight is 411 g/mol. The van der Waals surface area contributed by atoms with Crippen LogP contribution in [0, 0.1) is 0 Å². The van der Waals surface area contributed by atoms with Crippen LogP contribution in [0.2, 0.25) is 5.02 Å². The standard InChI is InChI=1S/C23H27ClN4O/c1-2-11-28-21-8-7-18(23(25)29)19(14-16-3-5-17(24)6-4-16)20(21)15-22(28)27-12-9-26-10-13-27/h3-8,15,26H,2,9-14H2,1H3,(H2,25,29). The third-order valence-corrected chi connectivity index (χ3v) is 5.87. The highest BCUT2D eigenvalue weighted by molar-refractivity contribution is 6.30. The van der Waals surface area contributed by atoms with Crippen LogP contribution in [-0.2, 0) is 13.0 Å². The summed E-state index contributed by atoms with van der Waals surface area (Å²) in [6.45, 7) is 7.07. The Morgan fingerprint density at radius 2 is 1.86 bits per heavy atom. The van der Waals surface area contributed by atoms with Gasteiger partial charge in [-0.2, -0.15) is 0 Å². The number of benzene rings is 2. The van der Waals surface area contributed by atoms with Gasteiger partial charge in [-0.3, -0.25) is 4.79 Å². The summed E-state index contributed by atoms with van der Waals surface area (Å²) in [5.74, 6) is 0.838. The normalized spacial score (nSPS) is 14.5. The van der Waals surface area contributed by atoms with Gasteiger partial charge in [0.05, 0.1) is 0 Å². The number of hydrogen-bond donors (Lipinski definition) is 2. The smallest absolute Gasteiger partial charge is 0.249 e. The molecule has 152 valence electrons. The second kappa shape index (κ2) is 8.47. The van der Waals surface area contributed by atoms with Crippen LogP contribution in [-0.4, -0.2) is 36.7 Å². The van der Waals surface area contributed by atoms with Crippen LogP contribution in [0.1, 0.15) is 34.8 Å². The predicted octanol–water partition coefficient (Wildman–Crippen LogP) is 3.80. The first-order valence-corrected chi connectivity index (χ1v) is 10.6. The summed E-state index contributed by atoms with van der Waals surface area (Å²) in [6, 6.07) is 13.9. The van der Waals surface area contributed by atoms with E-state index in [0.29, 0.717) is 17.0 Å². The van der Waals surface area contributed by atoms with E-state index in [1.54, 1.807) is 0 Å². The van der Waals surface area contributed by atoms with Gasteiger partial charge >= 0.3 is 0 Å². The summed E-state index contributed by atoms with van der Waals surface area (Å²) in [7, 11) is 0. The number of carbonyl (C=O) groups is 1. The zero-order valence-electron chi connectivity index (χ0n) is 16.7. The number of rotatable bonds is 6. The highest BCUT2D eigenvalue weighted by Crippen LogP contribution is 2.33. The van der Waals surface area contributed by atoms with Gasteiger partial charge in [0, 0.05) is 54.2 Å². The molecule has 1 fully saturated rings. The maximum atomic E-state index is 12.2. The molecule has 1 amide bonds. The fourth-order valence-corrected chi connectivity index (χ4v) is 4.35. The Bertz CT molecular complexity index is 1020. The van der Waals surface area contributed by atoms with Gasteiger partial charge in [-0.25, -0.2) is 0 Å². The van der Waals surface area contributed by atoms with Gasteiger partial charge in [-0.15, -0.1) is 0 Å². The number of carbonyl (C=O) groups excluding carboxylic acids is 1. The second-order valence-electron chi connectivity index (χ2n) is 7.58. The van der Waals surface area contributed by atoms with Crippen molar-refractivity contribution in [1.82, 2.24) is 9.88 Å². The molecular weight excluding hydrogens is 384 g/mol. The monoisotopic (exact) mass is 410 g/mol. The van der Waals surface area contributed by atoms with Gasteiger partial charge in [-0.1, -0.05) is 30.7 Å². The van der Waals surface area contributed by atoms with Crippen LogP contribution < -0.4 is 16.0 Å². The predicted molar refractivity (Wildman–Crippen MR) is 120 cm³/mol. The minimum atomic E-state index is -0.386. The van der Waals surface area contributed by atoms with E-state index in [9.17, 15) is 4.79 Å². The van der Waals surface area contributed by atoms with Crippen LogP contribution >= 0.6 is 11.6 Å². The van der Waals surface area contributed by atoms with Crippen LogP contribution in [0.15, 0.2) is 42.5 Å². The molecule has 1 aliphatic heterocycles. The average Bonchev–Trinajstić information content (AvgIpc) is 3.10. The molecule has 3 N–H and O–H groups in total. The number of anilines is 1. The van der Waals surface area contributed by atoms with Crippen LogP contribution in [0.5, 0.6) is 0 Å². The van der Waals surface area contributed by atoms with Gasteiger partial charge in [0.25, 0.3) is 0 Å². The molecule has 2 aromatic carbocycles. The van der Waals surface area contributed by atoms with E-state index in [-0.39, 0.29) is 5.91 Å². The molecular formula is C23H27ClN4O. The zero-order chi connectivity index (χ0) is 20.4. The van der Waals surface area contributed by atoms with Crippen molar-refractivity contribution >= 4 is 34.2 Å². The van der Waals surface area contributed by atoms with Gasteiger partial charge in [-0.05, 0) is 54.3 Å². The fourth-order valence-electron chi connectivity index (χ4n) is 4.22. The quantitative estimate of drug-likeness (QED) is 0.649. The Labute approximate surface area is 176 Å². The number of halogens is 1. The van der Waals surface area contributed by atoms with E-state index in [0.717, 1.165) is 61.2 Å². The van der Waals surface area contributed by atoms with E-state index in [2.05, 4.69) is 27.8 Å². The molecule has 0 radical (unpaired) electrons. The van der Waals surface area contributed by atoms with Gasteiger partial charge in [0.1, 0.15) is 5.82 Å². The van der Waals surface area contributed by atoms with Crippen LogP contribution in [0.4, 0.5) is 5.82 Å².